The van der Waals surface area contributed by atoms with E-state index in [1.54, 1.807) is 0 Å². The average Bonchev–Trinajstić information content (AvgIpc) is 2.44. The quantitative estimate of drug-likeness (QED) is 0.924. The van der Waals surface area contributed by atoms with Gasteiger partial charge < -0.3 is 10.0 Å². The molecule has 1 amide bonds. The average molecular weight is 290 g/mol. The van der Waals surface area contributed by atoms with E-state index in [-0.39, 0.29) is 18.1 Å². The van der Waals surface area contributed by atoms with Crippen LogP contribution in [0.2, 0.25) is 0 Å². The van der Waals surface area contributed by atoms with Crippen molar-refractivity contribution in [3.05, 3.63) is 30.3 Å². The number of rotatable bonds is 4. The molecule has 1 fully saturated rings. The molecule has 0 aliphatic carbocycles. The number of benzene rings is 1. The van der Waals surface area contributed by atoms with Crippen molar-refractivity contribution in [2.24, 2.45) is 5.92 Å². The van der Waals surface area contributed by atoms with Gasteiger partial charge in [0.2, 0.25) is 5.91 Å². The lowest BCUT2D eigenvalue weighted by molar-refractivity contribution is -0.121. The van der Waals surface area contributed by atoms with Gasteiger partial charge in [-0.3, -0.25) is 9.69 Å². The number of anilines is 1. The number of aliphatic hydroxyl groups is 1. The molecule has 1 aliphatic heterocycles. The second-order valence-corrected chi connectivity index (χ2v) is 6.26. The highest BCUT2D eigenvalue weighted by Gasteiger charge is 2.27. The molecular formula is C17H26N2O2. The molecule has 21 heavy (non-hydrogen) atoms. The molecule has 1 aromatic rings. The lowest BCUT2D eigenvalue weighted by Crippen LogP contribution is -2.49. The Morgan fingerprint density at radius 3 is 2.62 bits per heavy atom. The minimum absolute atomic E-state index is 0.0953. The van der Waals surface area contributed by atoms with Crippen molar-refractivity contribution in [2.75, 3.05) is 24.5 Å². The Labute approximate surface area is 127 Å². The number of para-hydroxylation sites is 1. The van der Waals surface area contributed by atoms with Crippen molar-refractivity contribution in [1.82, 2.24) is 4.90 Å². The third-order valence-electron chi connectivity index (χ3n) is 4.18. The van der Waals surface area contributed by atoms with Crippen LogP contribution < -0.4 is 4.90 Å². The van der Waals surface area contributed by atoms with E-state index in [0.29, 0.717) is 19.0 Å². The first-order valence-corrected chi connectivity index (χ1v) is 7.76. The largest absolute Gasteiger partial charge is 0.392 e. The van der Waals surface area contributed by atoms with Gasteiger partial charge in [-0.05, 0) is 44.9 Å². The SMILES string of the molecule is CC1CCN(CC(=O)N(c2ccccc2)C(C)C)CC1O. The highest BCUT2D eigenvalue weighted by Crippen LogP contribution is 2.20. The zero-order valence-electron chi connectivity index (χ0n) is 13.2. The molecule has 1 aliphatic rings. The Morgan fingerprint density at radius 1 is 1.38 bits per heavy atom. The van der Waals surface area contributed by atoms with Gasteiger partial charge in [-0.25, -0.2) is 0 Å². The van der Waals surface area contributed by atoms with Crippen molar-refractivity contribution in [2.45, 2.75) is 39.3 Å². The van der Waals surface area contributed by atoms with Crippen LogP contribution in [0.5, 0.6) is 0 Å². The number of carbonyl (C=O) groups is 1. The molecule has 2 rings (SSSR count). The smallest absolute Gasteiger partial charge is 0.241 e. The fourth-order valence-corrected chi connectivity index (χ4v) is 2.84. The summed E-state index contributed by atoms with van der Waals surface area (Å²) >= 11 is 0. The number of β-amino-alcohol motifs (C(OH)–C–C–N with tert-alkyl or cyclic N) is 1. The summed E-state index contributed by atoms with van der Waals surface area (Å²) in [7, 11) is 0. The lowest BCUT2D eigenvalue weighted by Gasteiger charge is -2.36. The highest BCUT2D eigenvalue weighted by atomic mass is 16.3. The van der Waals surface area contributed by atoms with Crippen LogP contribution in [0.3, 0.4) is 0 Å². The topological polar surface area (TPSA) is 43.8 Å². The van der Waals surface area contributed by atoms with Crippen LogP contribution in [-0.2, 0) is 4.79 Å². The van der Waals surface area contributed by atoms with E-state index in [1.807, 2.05) is 49.1 Å². The van der Waals surface area contributed by atoms with E-state index in [0.717, 1.165) is 18.7 Å². The van der Waals surface area contributed by atoms with Crippen molar-refractivity contribution >= 4 is 11.6 Å². The monoisotopic (exact) mass is 290 g/mol. The van der Waals surface area contributed by atoms with E-state index >= 15 is 0 Å². The number of hydrogen-bond acceptors (Lipinski definition) is 3. The third kappa shape index (κ3) is 4.05. The van der Waals surface area contributed by atoms with Crippen LogP contribution >= 0.6 is 0 Å². The molecule has 2 atom stereocenters. The summed E-state index contributed by atoms with van der Waals surface area (Å²) in [6, 6.07) is 9.90. The molecule has 1 aromatic carbocycles. The molecular weight excluding hydrogens is 264 g/mol. The molecule has 0 bridgehead atoms. The second kappa shape index (κ2) is 7.05. The number of nitrogens with zero attached hydrogens (tertiary/aromatic N) is 2. The third-order valence-corrected chi connectivity index (χ3v) is 4.18. The molecule has 0 radical (unpaired) electrons. The summed E-state index contributed by atoms with van der Waals surface area (Å²) < 4.78 is 0. The molecule has 1 saturated heterocycles. The minimum Gasteiger partial charge on any atom is -0.392 e. The van der Waals surface area contributed by atoms with Crippen LogP contribution in [0.15, 0.2) is 30.3 Å². The Hall–Kier alpha value is -1.39. The number of aliphatic hydroxyl groups excluding tert-OH is 1. The molecule has 116 valence electrons. The molecule has 1 N–H and O–H groups in total. The Morgan fingerprint density at radius 2 is 2.05 bits per heavy atom. The van der Waals surface area contributed by atoms with Crippen LogP contribution in [0.25, 0.3) is 0 Å². The summed E-state index contributed by atoms with van der Waals surface area (Å²) in [5, 5.41) is 9.96. The number of carbonyl (C=O) groups excluding carboxylic acids is 1. The predicted octanol–water partition coefficient (Wildman–Crippen LogP) is 2.13. The Bertz CT molecular complexity index is 461. The maximum Gasteiger partial charge on any atom is 0.241 e. The highest BCUT2D eigenvalue weighted by molar-refractivity contribution is 5.95. The first kappa shape index (κ1) is 16.0. The van der Waals surface area contributed by atoms with Crippen molar-refractivity contribution in [3.63, 3.8) is 0 Å². The van der Waals surface area contributed by atoms with Gasteiger partial charge in [0.15, 0.2) is 0 Å². The molecule has 4 heteroatoms. The lowest BCUT2D eigenvalue weighted by atomic mass is 9.96. The van der Waals surface area contributed by atoms with Gasteiger partial charge in [0.1, 0.15) is 0 Å². The minimum atomic E-state index is -0.323. The molecule has 4 nitrogen and oxygen atoms in total. The molecule has 0 spiro atoms. The summed E-state index contributed by atoms with van der Waals surface area (Å²) in [5.41, 5.74) is 0.934. The van der Waals surface area contributed by atoms with Crippen LogP contribution in [-0.4, -0.2) is 47.7 Å². The Balaban J connectivity index is 2.03. The summed E-state index contributed by atoms with van der Waals surface area (Å²) in [4.78, 5) is 16.5. The van der Waals surface area contributed by atoms with Crippen LogP contribution in [0.4, 0.5) is 5.69 Å². The van der Waals surface area contributed by atoms with Crippen LogP contribution in [0, 0.1) is 5.92 Å². The molecule has 0 saturated carbocycles. The number of likely N-dealkylation sites (tertiary alicyclic amines) is 1. The van der Waals surface area contributed by atoms with E-state index in [1.165, 1.54) is 0 Å². The molecule has 2 unspecified atom stereocenters. The van der Waals surface area contributed by atoms with Crippen LogP contribution in [0.1, 0.15) is 27.2 Å². The maximum absolute atomic E-state index is 12.6. The van der Waals surface area contributed by atoms with Gasteiger partial charge in [0.25, 0.3) is 0 Å². The van der Waals surface area contributed by atoms with E-state index < -0.39 is 0 Å². The summed E-state index contributed by atoms with van der Waals surface area (Å²) in [6.07, 6.45) is 0.623. The van der Waals surface area contributed by atoms with Gasteiger partial charge in [-0.15, -0.1) is 0 Å². The fraction of sp³-hybridized carbons (Fsp3) is 0.588. The number of amides is 1. The van der Waals surface area contributed by atoms with Crippen molar-refractivity contribution in [1.29, 1.82) is 0 Å². The van der Waals surface area contributed by atoms with Crippen molar-refractivity contribution < 1.29 is 9.90 Å². The molecule has 0 aromatic heterocycles. The summed E-state index contributed by atoms with van der Waals surface area (Å²) in [5.74, 6) is 0.421. The number of hydrogen-bond donors (Lipinski definition) is 1. The van der Waals surface area contributed by atoms with Gasteiger partial charge in [0, 0.05) is 18.3 Å². The predicted molar refractivity (Wildman–Crippen MR) is 85.3 cm³/mol. The zero-order chi connectivity index (χ0) is 15.4. The normalized spacial score (nSPS) is 23.3. The van der Waals surface area contributed by atoms with Gasteiger partial charge in [-0.2, -0.15) is 0 Å². The van der Waals surface area contributed by atoms with E-state index in [2.05, 4.69) is 11.8 Å². The fourth-order valence-electron chi connectivity index (χ4n) is 2.84. The summed E-state index contributed by atoms with van der Waals surface area (Å²) in [6.45, 7) is 7.96. The zero-order valence-corrected chi connectivity index (χ0v) is 13.2. The van der Waals surface area contributed by atoms with Gasteiger partial charge in [-0.1, -0.05) is 25.1 Å². The van der Waals surface area contributed by atoms with E-state index in [4.69, 9.17) is 0 Å². The standard InChI is InChI=1S/C17H26N2O2/c1-13(2)19(15-7-5-4-6-8-15)17(21)12-18-10-9-14(3)16(20)11-18/h4-8,13-14,16,20H,9-12H2,1-3H3. The molecule has 1 heterocycles. The Kier molecular flexibility index (Phi) is 5.37. The second-order valence-electron chi connectivity index (χ2n) is 6.26. The first-order valence-electron chi connectivity index (χ1n) is 7.76. The number of piperidine rings is 1. The maximum atomic E-state index is 12.6. The van der Waals surface area contributed by atoms with E-state index in [9.17, 15) is 9.90 Å². The van der Waals surface area contributed by atoms with Gasteiger partial charge >= 0.3 is 0 Å². The first-order chi connectivity index (χ1) is 9.99. The van der Waals surface area contributed by atoms with Gasteiger partial charge in [0.05, 0.1) is 12.6 Å². The van der Waals surface area contributed by atoms with Crippen molar-refractivity contribution in [3.8, 4) is 0 Å².